The van der Waals surface area contributed by atoms with Crippen molar-refractivity contribution in [2.75, 3.05) is 30.4 Å². The molecular weight excluding hydrogens is 244 g/mol. The van der Waals surface area contributed by atoms with Gasteiger partial charge in [-0.3, -0.25) is 4.79 Å². The normalized spacial score (nSPS) is 19.7. The first-order valence-corrected chi connectivity index (χ1v) is 7.46. The van der Waals surface area contributed by atoms with Crippen LogP contribution in [0.25, 0.3) is 0 Å². The molecular formula is C14H20N2OS. The summed E-state index contributed by atoms with van der Waals surface area (Å²) in [6.07, 6.45) is 0. The lowest BCUT2D eigenvalue weighted by Gasteiger charge is -2.33. The van der Waals surface area contributed by atoms with Gasteiger partial charge < -0.3 is 10.2 Å². The van der Waals surface area contributed by atoms with Gasteiger partial charge in [0.25, 0.3) is 5.91 Å². The zero-order valence-corrected chi connectivity index (χ0v) is 12.0. The van der Waals surface area contributed by atoms with Gasteiger partial charge in [0.2, 0.25) is 0 Å². The highest BCUT2D eigenvalue weighted by Crippen LogP contribution is 2.23. The topological polar surface area (TPSA) is 32.3 Å². The molecule has 1 aromatic rings. The Labute approximate surface area is 113 Å². The molecule has 1 amide bonds. The van der Waals surface area contributed by atoms with Gasteiger partial charge in [0.15, 0.2) is 0 Å². The van der Waals surface area contributed by atoms with E-state index in [9.17, 15) is 4.79 Å². The summed E-state index contributed by atoms with van der Waals surface area (Å²) in [7, 11) is 1.86. The molecule has 2 rings (SSSR count). The van der Waals surface area contributed by atoms with Crippen LogP contribution in [0.3, 0.4) is 0 Å². The molecule has 18 heavy (non-hydrogen) atoms. The highest BCUT2D eigenvalue weighted by Gasteiger charge is 2.25. The summed E-state index contributed by atoms with van der Waals surface area (Å²) < 4.78 is 0. The second-order valence-electron chi connectivity index (χ2n) is 4.72. The third kappa shape index (κ3) is 2.64. The van der Waals surface area contributed by atoms with Crippen molar-refractivity contribution in [1.82, 2.24) is 4.90 Å². The van der Waals surface area contributed by atoms with Crippen molar-refractivity contribution in [3.63, 3.8) is 0 Å². The second-order valence-corrected chi connectivity index (χ2v) is 5.87. The summed E-state index contributed by atoms with van der Waals surface area (Å²) in [5.41, 5.74) is 2.82. The molecule has 4 heteroatoms. The van der Waals surface area contributed by atoms with E-state index >= 15 is 0 Å². The van der Waals surface area contributed by atoms with Crippen LogP contribution in [0, 0.1) is 6.92 Å². The highest BCUT2D eigenvalue weighted by atomic mass is 32.2. The summed E-state index contributed by atoms with van der Waals surface area (Å²) in [5, 5.41) is 3.10. The average molecular weight is 264 g/mol. The van der Waals surface area contributed by atoms with E-state index < -0.39 is 0 Å². The monoisotopic (exact) mass is 264 g/mol. The molecule has 1 aromatic carbocycles. The quantitative estimate of drug-likeness (QED) is 0.891. The van der Waals surface area contributed by atoms with Crippen molar-refractivity contribution in [1.29, 1.82) is 0 Å². The van der Waals surface area contributed by atoms with Gasteiger partial charge in [0.05, 0.1) is 5.56 Å². The Morgan fingerprint density at radius 3 is 2.94 bits per heavy atom. The zero-order chi connectivity index (χ0) is 13.1. The molecule has 3 nitrogen and oxygen atoms in total. The van der Waals surface area contributed by atoms with E-state index in [-0.39, 0.29) is 5.91 Å². The predicted octanol–water partition coefficient (Wildman–Crippen LogP) is 2.61. The molecule has 1 aliphatic heterocycles. The SMILES string of the molecule is CNc1ccc(C)cc1C(=O)N1CCSCC1C. The molecule has 1 aliphatic rings. The van der Waals surface area contributed by atoms with Crippen LogP contribution in [0.4, 0.5) is 5.69 Å². The standard InChI is InChI=1S/C14H20N2OS/c1-10-4-5-13(15-3)12(8-10)14(17)16-6-7-18-9-11(16)2/h4-5,8,11,15H,6-7,9H2,1-3H3. The Morgan fingerprint density at radius 1 is 1.50 bits per heavy atom. The van der Waals surface area contributed by atoms with E-state index in [1.165, 1.54) is 0 Å². The van der Waals surface area contributed by atoms with Crippen molar-refractivity contribution in [3.8, 4) is 0 Å². The van der Waals surface area contributed by atoms with Gasteiger partial charge in [-0.2, -0.15) is 11.8 Å². The molecule has 1 N–H and O–H groups in total. The molecule has 0 aromatic heterocycles. The van der Waals surface area contributed by atoms with Crippen LogP contribution in [0.2, 0.25) is 0 Å². The minimum absolute atomic E-state index is 0.149. The molecule has 1 atom stereocenters. The fraction of sp³-hybridized carbons (Fsp3) is 0.500. The molecule has 1 heterocycles. The van der Waals surface area contributed by atoms with Gasteiger partial charge in [-0.1, -0.05) is 11.6 Å². The van der Waals surface area contributed by atoms with E-state index in [4.69, 9.17) is 0 Å². The van der Waals surface area contributed by atoms with Gasteiger partial charge in [-0.25, -0.2) is 0 Å². The molecule has 98 valence electrons. The molecule has 1 saturated heterocycles. The number of hydrogen-bond acceptors (Lipinski definition) is 3. The summed E-state index contributed by atoms with van der Waals surface area (Å²) in [5.74, 6) is 2.22. The number of thioether (sulfide) groups is 1. The molecule has 0 spiro atoms. The number of carbonyl (C=O) groups is 1. The number of aryl methyl sites for hydroxylation is 1. The summed E-state index contributed by atoms with van der Waals surface area (Å²) in [4.78, 5) is 14.6. The van der Waals surface area contributed by atoms with E-state index in [2.05, 4.69) is 12.2 Å². The van der Waals surface area contributed by atoms with Crippen LogP contribution in [0.1, 0.15) is 22.8 Å². The lowest BCUT2D eigenvalue weighted by atomic mass is 10.1. The van der Waals surface area contributed by atoms with Crippen molar-refractivity contribution >= 4 is 23.4 Å². The van der Waals surface area contributed by atoms with Gasteiger partial charge in [0.1, 0.15) is 0 Å². The molecule has 0 saturated carbocycles. The van der Waals surface area contributed by atoms with Crippen molar-refractivity contribution < 1.29 is 4.79 Å². The first-order valence-electron chi connectivity index (χ1n) is 6.30. The maximum absolute atomic E-state index is 12.6. The Hall–Kier alpha value is -1.16. The van der Waals surface area contributed by atoms with Crippen molar-refractivity contribution in [2.24, 2.45) is 0 Å². The number of carbonyl (C=O) groups excluding carboxylic acids is 1. The summed E-state index contributed by atoms with van der Waals surface area (Å²) in [6, 6.07) is 6.30. The number of nitrogens with zero attached hydrogens (tertiary/aromatic N) is 1. The first kappa shape index (κ1) is 13.3. The van der Waals surface area contributed by atoms with Crippen molar-refractivity contribution in [2.45, 2.75) is 19.9 Å². The molecule has 0 radical (unpaired) electrons. The Balaban J connectivity index is 2.29. The van der Waals surface area contributed by atoms with E-state index in [1.807, 2.05) is 48.8 Å². The van der Waals surface area contributed by atoms with Crippen LogP contribution in [0.5, 0.6) is 0 Å². The van der Waals surface area contributed by atoms with Crippen LogP contribution < -0.4 is 5.32 Å². The number of amides is 1. The van der Waals surface area contributed by atoms with Gasteiger partial charge in [-0.15, -0.1) is 0 Å². The van der Waals surface area contributed by atoms with Crippen LogP contribution in [-0.2, 0) is 0 Å². The molecule has 0 bridgehead atoms. The Bertz CT molecular complexity index is 447. The zero-order valence-electron chi connectivity index (χ0n) is 11.2. The van der Waals surface area contributed by atoms with E-state index in [1.54, 1.807) is 0 Å². The van der Waals surface area contributed by atoms with Gasteiger partial charge in [-0.05, 0) is 26.0 Å². The first-order chi connectivity index (χ1) is 8.63. The maximum Gasteiger partial charge on any atom is 0.256 e. The minimum atomic E-state index is 0.149. The molecule has 1 fully saturated rings. The van der Waals surface area contributed by atoms with E-state index in [0.29, 0.717) is 6.04 Å². The third-order valence-electron chi connectivity index (χ3n) is 3.30. The smallest absolute Gasteiger partial charge is 0.256 e. The summed E-state index contributed by atoms with van der Waals surface area (Å²) in [6.45, 7) is 4.99. The van der Waals surface area contributed by atoms with Gasteiger partial charge in [0, 0.05) is 36.8 Å². The summed E-state index contributed by atoms with van der Waals surface area (Å²) >= 11 is 1.92. The highest BCUT2D eigenvalue weighted by molar-refractivity contribution is 7.99. The van der Waals surface area contributed by atoms with Crippen molar-refractivity contribution in [3.05, 3.63) is 29.3 Å². The maximum atomic E-state index is 12.6. The average Bonchev–Trinajstić information content (AvgIpc) is 2.38. The third-order valence-corrected chi connectivity index (χ3v) is 4.49. The Morgan fingerprint density at radius 2 is 2.28 bits per heavy atom. The lowest BCUT2D eigenvalue weighted by molar-refractivity contribution is 0.0717. The lowest BCUT2D eigenvalue weighted by Crippen LogP contribution is -2.44. The van der Waals surface area contributed by atoms with Crippen LogP contribution in [0.15, 0.2) is 18.2 Å². The number of rotatable bonds is 2. The number of nitrogens with one attached hydrogen (secondary N) is 1. The number of hydrogen-bond donors (Lipinski definition) is 1. The van der Waals surface area contributed by atoms with Crippen LogP contribution >= 0.6 is 11.8 Å². The van der Waals surface area contributed by atoms with E-state index in [0.717, 1.165) is 34.9 Å². The minimum Gasteiger partial charge on any atom is -0.387 e. The fourth-order valence-electron chi connectivity index (χ4n) is 2.24. The second kappa shape index (κ2) is 5.65. The van der Waals surface area contributed by atoms with Crippen LogP contribution in [-0.4, -0.2) is 41.9 Å². The molecule has 1 unspecified atom stereocenters. The fourth-order valence-corrected chi connectivity index (χ4v) is 3.25. The Kier molecular flexibility index (Phi) is 4.17. The van der Waals surface area contributed by atoms with Gasteiger partial charge >= 0.3 is 0 Å². The number of anilines is 1. The predicted molar refractivity (Wildman–Crippen MR) is 78.5 cm³/mol. The molecule has 0 aliphatic carbocycles. The largest absolute Gasteiger partial charge is 0.387 e. The number of benzene rings is 1.